The average Bonchev–Trinajstić information content (AvgIpc) is 2.87. The largest absolute Gasteiger partial charge is 0.390 e. The first-order chi connectivity index (χ1) is 9.60. The van der Waals surface area contributed by atoms with Gasteiger partial charge >= 0.3 is 0 Å². The molecule has 114 valence electrons. The normalized spacial score (nSPS) is 25.1. The fourth-order valence-corrected chi connectivity index (χ4v) is 3.01. The molecule has 0 saturated heterocycles. The number of hydrogen-bond donors (Lipinski definition) is 1. The van der Waals surface area contributed by atoms with Crippen LogP contribution >= 0.6 is 0 Å². The Labute approximate surface area is 120 Å². The van der Waals surface area contributed by atoms with E-state index in [2.05, 4.69) is 24.0 Å². The third-order valence-corrected chi connectivity index (χ3v) is 4.33. The molecule has 5 nitrogen and oxygen atoms in total. The van der Waals surface area contributed by atoms with Gasteiger partial charge in [-0.25, -0.2) is 0 Å². The zero-order valence-corrected chi connectivity index (χ0v) is 12.7. The molecule has 1 atom stereocenters. The van der Waals surface area contributed by atoms with Crippen LogP contribution in [0.15, 0.2) is 4.52 Å². The van der Waals surface area contributed by atoms with Gasteiger partial charge < -0.3 is 14.4 Å². The maximum Gasteiger partial charge on any atom is 0.229 e. The lowest BCUT2D eigenvalue weighted by molar-refractivity contribution is 0.0599. The van der Waals surface area contributed by atoms with Gasteiger partial charge in [-0.3, -0.25) is 0 Å². The minimum Gasteiger partial charge on any atom is -0.390 e. The third kappa shape index (κ3) is 4.03. The van der Waals surface area contributed by atoms with Crippen molar-refractivity contribution in [3.05, 3.63) is 11.7 Å². The van der Waals surface area contributed by atoms with Crippen molar-refractivity contribution in [1.82, 2.24) is 10.1 Å². The van der Waals surface area contributed by atoms with Crippen LogP contribution in [0.4, 0.5) is 0 Å². The lowest BCUT2D eigenvalue weighted by Gasteiger charge is -2.29. The third-order valence-electron chi connectivity index (χ3n) is 4.33. The Morgan fingerprint density at radius 2 is 2.00 bits per heavy atom. The highest BCUT2D eigenvalue weighted by molar-refractivity contribution is 4.98. The molecule has 1 aliphatic rings. The van der Waals surface area contributed by atoms with Gasteiger partial charge in [0, 0.05) is 13.0 Å². The minimum absolute atomic E-state index is 0.289. The molecule has 0 bridgehead atoms. The Hall–Kier alpha value is -0.940. The average molecular weight is 282 g/mol. The number of ether oxygens (including phenoxy) is 1. The molecule has 0 radical (unpaired) electrons. The van der Waals surface area contributed by atoms with E-state index in [-0.39, 0.29) is 6.61 Å². The van der Waals surface area contributed by atoms with Gasteiger partial charge in [0.25, 0.3) is 0 Å². The molecule has 1 aromatic heterocycles. The van der Waals surface area contributed by atoms with Crippen LogP contribution in [0.2, 0.25) is 0 Å². The van der Waals surface area contributed by atoms with Crippen LogP contribution in [-0.4, -0.2) is 35.1 Å². The highest BCUT2D eigenvalue weighted by Crippen LogP contribution is 2.37. The van der Waals surface area contributed by atoms with Crippen molar-refractivity contribution in [1.29, 1.82) is 0 Å². The number of nitrogens with zero attached hydrogens (tertiary/aromatic N) is 2. The summed E-state index contributed by atoms with van der Waals surface area (Å²) in [5, 5.41) is 13.8. The Kier molecular flexibility index (Phi) is 5.54. The van der Waals surface area contributed by atoms with Crippen LogP contribution in [0.5, 0.6) is 0 Å². The first-order valence-electron chi connectivity index (χ1n) is 7.59. The summed E-state index contributed by atoms with van der Waals surface area (Å²) in [4.78, 5) is 4.43. The van der Waals surface area contributed by atoms with Gasteiger partial charge in [-0.15, -0.1) is 0 Å². The summed E-state index contributed by atoms with van der Waals surface area (Å²) >= 11 is 0. The summed E-state index contributed by atoms with van der Waals surface area (Å²) < 4.78 is 10.1. The van der Waals surface area contributed by atoms with Crippen LogP contribution in [0.3, 0.4) is 0 Å². The zero-order valence-electron chi connectivity index (χ0n) is 12.7. The summed E-state index contributed by atoms with van der Waals surface area (Å²) in [5.41, 5.74) is 0. The van der Waals surface area contributed by atoms with Gasteiger partial charge in [0.1, 0.15) is 0 Å². The van der Waals surface area contributed by atoms with Crippen molar-refractivity contribution in [3.63, 3.8) is 0 Å². The van der Waals surface area contributed by atoms with Crippen molar-refractivity contribution in [2.24, 2.45) is 11.8 Å². The standard InChI is InChI=1S/C15H26N2O3/c1-10(2)11-4-6-12(7-5-11)15-16-14(20-17-15)8-13(18)9-19-3/h10-13,18H,4-9H2,1-3H3. The van der Waals surface area contributed by atoms with E-state index < -0.39 is 6.10 Å². The molecule has 0 spiro atoms. The quantitative estimate of drug-likeness (QED) is 0.868. The maximum absolute atomic E-state index is 9.67. The van der Waals surface area contributed by atoms with Crippen molar-refractivity contribution in [2.75, 3.05) is 13.7 Å². The van der Waals surface area contributed by atoms with Crippen LogP contribution in [0.25, 0.3) is 0 Å². The SMILES string of the molecule is COCC(O)Cc1nc(C2CCC(C(C)C)CC2)no1. The van der Waals surface area contributed by atoms with E-state index in [1.165, 1.54) is 12.8 Å². The second-order valence-electron chi connectivity index (χ2n) is 6.22. The predicted octanol–water partition coefficient (Wildman–Crippen LogP) is 2.55. The molecule has 1 heterocycles. The van der Waals surface area contributed by atoms with Gasteiger partial charge in [-0.1, -0.05) is 19.0 Å². The van der Waals surface area contributed by atoms with Crippen LogP contribution in [0, 0.1) is 11.8 Å². The number of aromatic nitrogens is 2. The molecule has 1 saturated carbocycles. The van der Waals surface area contributed by atoms with Crippen molar-refractivity contribution >= 4 is 0 Å². The lowest BCUT2D eigenvalue weighted by Crippen LogP contribution is -2.19. The molecule has 5 heteroatoms. The number of aliphatic hydroxyl groups excluding tert-OH is 1. The van der Waals surface area contributed by atoms with E-state index in [0.717, 1.165) is 30.5 Å². The molecule has 20 heavy (non-hydrogen) atoms. The smallest absolute Gasteiger partial charge is 0.229 e. The van der Waals surface area contributed by atoms with Gasteiger partial charge in [0.2, 0.25) is 5.89 Å². The highest BCUT2D eigenvalue weighted by atomic mass is 16.5. The fraction of sp³-hybridized carbons (Fsp3) is 0.867. The van der Waals surface area contributed by atoms with Gasteiger partial charge in [0.05, 0.1) is 19.1 Å². The van der Waals surface area contributed by atoms with E-state index in [1.807, 2.05) is 0 Å². The number of aliphatic hydroxyl groups is 1. The van der Waals surface area contributed by atoms with E-state index in [9.17, 15) is 5.11 Å². The summed E-state index contributed by atoms with van der Waals surface area (Å²) in [6.07, 6.45) is 4.56. The molecular formula is C15H26N2O3. The van der Waals surface area contributed by atoms with E-state index in [1.54, 1.807) is 7.11 Å². The summed E-state index contributed by atoms with van der Waals surface area (Å²) in [5.74, 6) is 3.34. The first kappa shape index (κ1) is 15.4. The van der Waals surface area contributed by atoms with Crippen LogP contribution < -0.4 is 0 Å². The van der Waals surface area contributed by atoms with Crippen molar-refractivity contribution < 1.29 is 14.4 Å². The summed E-state index contributed by atoms with van der Waals surface area (Å²) in [6.45, 7) is 4.89. The predicted molar refractivity (Wildman–Crippen MR) is 75.4 cm³/mol. The van der Waals surface area contributed by atoms with E-state index in [0.29, 0.717) is 18.2 Å². The Bertz CT molecular complexity index is 398. The van der Waals surface area contributed by atoms with Crippen LogP contribution in [-0.2, 0) is 11.2 Å². The summed E-state index contributed by atoms with van der Waals surface area (Å²) in [6, 6.07) is 0. The second-order valence-corrected chi connectivity index (χ2v) is 6.22. The van der Waals surface area contributed by atoms with Gasteiger partial charge in [-0.2, -0.15) is 4.98 Å². The van der Waals surface area contributed by atoms with Gasteiger partial charge in [-0.05, 0) is 37.5 Å². The zero-order chi connectivity index (χ0) is 14.5. The molecule has 1 aliphatic carbocycles. The minimum atomic E-state index is -0.579. The van der Waals surface area contributed by atoms with E-state index >= 15 is 0 Å². The van der Waals surface area contributed by atoms with Crippen LogP contribution in [0.1, 0.15) is 57.2 Å². The monoisotopic (exact) mass is 282 g/mol. The van der Waals surface area contributed by atoms with E-state index in [4.69, 9.17) is 9.26 Å². The second kappa shape index (κ2) is 7.18. The molecular weight excluding hydrogens is 256 g/mol. The lowest BCUT2D eigenvalue weighted by atomic mass is 9.77. The molecule has 1 fully saturated rings. The molecule has 0 amide bonds. The Morgan fingerprint density at radius 3 is 2.60 bits per heavy atom. The Balaban J connectivity index is 1.87. The number of rotatable bonds is 6. The van der Waals surface area contributed by atoms with Gasteiger partial charge in [0.15, 0.2) is 5.82 Å². The molecule has 1 unspecified atom stereocenters. The topological polar surface area (TPSA) is 68.4 Å². The highest BCUT2D eigenvalue weighted by Gasteiger charge is 2.27. The molecule has 2 rings (SSSR count). The number of methoxy groups -OCH3 is 1. The molecule has 1 N–H and O–H groups in total. The fourth-order valence-electron chi connectivity index (χ4n) is 3.01. The summed E-state index contributed by atoms with van der Waals surface area (Å²) in [7, 11) is 1.57. The number of hydrogen-bond acceptors (Lipinski definition) is 5. The Morgan fingerprint density at radius 1 is 1.30 bits per heavy atom. The molecule has 0 aliphatic heterocycles. The van der Waals surface area contributed by atoms with Crippen molar-refractivity contribution in [3.8, 4) is 0 Å². The molecule has 1 aromatic rings. The van der Waals surface area contributed by atoms with Crippen molar-refractivity contribution in [2.45, 2.75) is 58.0 Å². The molecule has 0 aromatic carbocycles. The maximum atomic E-state index is 9.67. The first-order valence-corrected chi connectivity index (χ1v) is 7.59.